The third kappa shape index (κ3) is 4.31. The van der Waals surface area contributed by atoms with Gasteiger partial charge in [-0.3, -0.25) is 4.79 Å². The number of carbonyl (C=O) groups is 1. The Kier molecular flexibility index (Phi) is 5.24. The molecule has 2 aromatic rings. The lowest BCUT2D eigenvalue weighted by molar-refractivity contribution is -0.111. The zero-order chi connectivity index (χ0) is 17.8. The quantitative estimate of drug-likeness (QED) is 0.662. The molecule has 0 bridgehead atoms. The van der Waals surface area contributed by atoms with E-state index in [-0.39, 0.29) is 18.4 Å². The number of carbonyl (C=O) groups excluding carboxylic acids is 1. The zero-order valence-corrected chi connectivity index (χ0v) is 14.3. The fourth-order valence-corrected chi connectivity index (χ4v) is 3.12. The predicted octanol–water partition coefficient (Wildman–Crippen LogP) is 1.73. The second-order valence-corrected chi connectivity index (χ2v) is 6.47. The Hall–Kier alpha value is -2.53. The van der Waals surface area contributed by atoms with Gasteiger partial charge < -0.3 is 15.3 Å². The van der Waals surface area contributed by atoms with Crippen LogP contribution in [-0.2, 0) is 11.2 Å². The molecule has 1 atom stereocenters. The first-order chi connectivity index (χ1) is 12.0. The van der Waals surface area contributed by atoms with E-state index in [4.69, 9.17) is 7.85 Å². The van der Waals surface area contributed by atoms with E-state index >= 15 is 0 Å². The summed E-state index contributed by atoms with van der Waals surface area (Å²) in [5.74, 6) is 0.0873. The average Bonchev–Trinajstić information content (AvgIpc) is 2.61. The monoisotopic (exact) mass is 332 g/mol. The van der Waals surface area contributed by atoms with Gasteiger partial charge in [-0.05, 0) is 35.8 Å². The maximum absolute atomic E-state index is 12.1. The van der Waals surface area contributed by atoms with Crippen LogP contribution in [0.4, 0.5) is 11.4 Å². The molecule has 25 heavy (non-hydrogen) atoms. The molecule has 0 saturated heterocycles. The fourth-order valence-electron chi connectivity index (χ4n) is 3.12. The van der Waals surface area contributed by atoms with Crippen LogP contribution in [0.1, 0.15) is 11.1 Å². The van der Waals surface area contributed by atoms with Crippen LogP contribution < -0.4 is 15.7 Å². The summed E-state index contributed by atoms with van der Waals surface area (Å²) in [6.45, 7) is 1.01. The van der Waals surface area contributed by atoms with Crippen molar-refractivity contribution in [2.75, 3.05) is 30.4 Å². The highest BCUT2D eigenvalue weighted by Gasteiger charge is 2.21. The molecule has 0 aromatic heterocycles. The number of anilines is 2. The molecule has 5 heteroatoms. The van der Waals surface area contributed by atoms with Gasteiger partial charge in [-0.15, -0.1) is 0 Å². The van der Waals surface area contributed by atoms with Gasteiger partial charge in [0.25, 0.3) is 0 Å². The number of nitrogens with zero attached hydrogens (tertiary/aromatic N) is 1. The van der Waals surface area contributed by atoms with Gasteiger partial charge in [-0.25, -0.2) is 0 Å². The van der Waals surface area contributed by atoms with Crippen LogP contribution in [0.25, 0.3) is 6.08 Å². The molecular weight excluding hydrogens is 311 g/mol. The van der Waals surface area contributed by atoms with E-state index in [1.807, 2.05) is 37.4 Å². The Morgan fingerprint density at radius 2 is 2.08 bits per heavy atom. The van der Waals surface area contributed by atoms with Crippen molar-refractivity contribution in [1.29, 1.82) is 0 Å². The van der Waals surface area contributed by atoms with Crippen LogP contribution in [0.5, 0.6) is 0 Å². The summed E-state index contributed by atoms with van der Waals surface area (Å²) in [6.07, 6.45) is 4.13. The number of benzene rings is 2. The van der Waals surface area contributed by atoms with Crippen molar-refractivity contribution in [3.8, 4) is 0 Å². The second-order valence-electron chi connectivity index (χ2n) is 6.47. The molecule has 2 N–H and O–H groups in total. The Balaban J connectivity index is 1.68. The van der Waals surface area contributed by atoms with Crippen molar-refractivity contribution in [3.63, 3.8) is 0 Å². The molecule has 2 aromatic carbocycles. The maximum atomic E-state index is 12.1. The standard InChI is InChI=1S/C20H21BN2O2/c1-23-12-15(13-24)10-16-5-8-18(11-19(16)23)22-20(25)9-4-14-2-6-17(21)7-3-14/h2-9,11,15,24H,10,12-13H2,1H3,(H,22,25)/b9-4+. The SMILES string of the molecule is [B]c1ccc(/C=C/C(=O)Nc2ccc3c(c2)N(C)CC(CO)C3)cc1. The van der Waals surface area contributed by atoms with Crippen LogP contribution in [0.15, 0.2) is 48.5 Å². The lowest BCUT2D eigenvalue weighted by atomic mass is 9.93. The molecule has 1 amide bonds. The smallest absolute Gasteiger partial charge is 0.248 e. The summed E-state index contributed by atoms with van der Waals surface area (Å²) in [5, 5.41) is 12.3. The highest BCUT2D eigenvalue weighted by Crippen LogP contribution is 2.31. The first kappa shape index (κ1) is 17.3. The minimum absolute atomic E-state index is 0.177. The molecule has 3 rings (SSSR count). The van der Waals surface area contributed by atoms with Crippen LogP contribution in [-0.4, -0.2) is 39.1 Å². The number of rotatable bonds is 4. The van der Waals surface area contributed by atoms with Crippen molar-refractivity contribution in [2.24, 2.45) is 5.92 Å². The Labute approximate surface area is 149 Å². The van der Waals surface area contributed by atoms with E-state index in [9.17, 15) is 9.90 Å². The Bertz CT molecular complexity index is 787. The van der Waals surface area contributed by atoms with E-state index in [1.54, 1.807) is 18.2 Å². The van der Waals surface area contributed by atoms with Gasteiger partial charge in [0, 0.05) is 43.6 Å². The minimum Gasteiger partial charge on any atom is -0.396 e. The molecule has 0 saturated carbocycles. The first-order valence-corrected chi connectivity index (χ1v) is 8.34. The number of amides is 1. The summed E-state index contributed by atoms with van der Waals surface area (Å²) < 4.78 is 0. The largest absolute Gasteiger partial charge is 0.396 e. The van der Waals surface area contributed by atoms with Crippen molar-refractivity contribution < 1.29 is 9.90 Å². The number of aliphatic hydroxyl groups excluding tert-OH is 1. The van der Waals surface area contributed by atoms with Gasteiger partial charge in [-0.2, -0.15) is 0 Å². The number of hydrogen-bond donors (Lipinski definition) is 2. The lowest BCUT2D eigenvalue weighted by Crippen LogP contribution is -2.34. The molecule has 4 nitrogen and oxygen atoms in total. The Morgan fingerprint density at radius 1 is 1.32 bits per heavy atom. The van der Waals surface area contributed by atoms with Gasteiger partial charge in [0.05, 0.1) is 0 Å². The van der Waals surface area contributed by atoms with E-state index < -0.39 is 0 Å². The number of nitrogens with one attached hydrogen (secondary N) is 1. The summed E-state index contributed by atoms with van der Waals surface area (Å²) >= 11 is 0. The van der Waals surface area contributed by atoms with Gasteiger partial charge in [0.2, 0.25) is 5.91 Å². The van der Waals surface area contributed by atoms with Gasteiger partial charge >= 0.3 is 0 Å². The number of hydrogen-bond acceptors (Lipinski definition) is 3. The topological polar surface area (TPSA) is 52.6 Å². The highest BCUT2D eigenvalue weighted by atomic mass is 16.3. The van der Waals surface area contributed by atoms with Crippen molar-refractivity contribution >= 4 is 36.7 Å². The van der Waals surface area contributed by atoms with Crippen molar-refractivity contribution in [2.45, 2.75) is 6.42 Å². The molecule has 0 fully saturated rings. The summed E-state index contributed by atoms with van der Waals surface area (Å²) in [5.41, 5.74) is 4.68. The van der Waals surface area contributed by atoms with Crippen LogP contribution in [0.3, 0.4) is 0 Å². The van der Waals surface area contributed by atoms with Crippen LogP contribution >= 0.6 is 0 Å². The molecule has 0 aliphatic carbocycles. The molecule has 1 aliphatic heterocycles. The van der Waals surface area contributed by atoms with Gasteiger partial charge in [-0.1, -0.05) is 35.8 Å². The van der Waals surface area contributed by atoms with E-state index in [2.05, 4.69) is 10.2 Å². The predicted molar refractivity (Wildman–Crippen MR) is 103 cm³/mol. The molecule has 1 heterocycles. The molecule has 2 radical (unpaired) electrons. The Morgan fingerprint density at radius 3 is 2.80 bits per heavy atom. The number of aliphatic hydroxyl groups is 1. The average molecular weight is 332 g/mol. The molecule has 0 spiro atoms. The first-order valence-electron chi connectivity index (χ1n) is 8.34. The minimum atomic E-state index is -0.177. The fraction of sp³-hybridized carbons (Fsp3) is 0.250. The summed E-state index contributed by atoms with van der Waals surface area (Å²) in [4.78, 5) is 14.3. The van der Waals surface area contributed by atoms with Crippen molar-refractivity contribution in [1.82, 2.24) is 0 Å². The zero-order valence-electron chi connectivity index (χ0n) is 14.3. The lowest BCUT2D eigenvalue weighted by Gasteiger charge is -2.33. The van der Waals surface area contributed by atoms with E-state index in [0.717, 1.165) is 29.9 Å². The van der Waals surface area contributed by atoms with Crippen LogP contribution in [0, 0.1) is 5.92 Å². The normalized spacial score (nSPS) is 16.7. The molecule has 1 unspecified atom stereocenters. The number of fused-ring (bicyclic) bond motifs is 1. The maximum Gasteiger partial charge on any atom is 0.248 e. The van der Waals surface area contributed by atoms with Crippen molar-refractivity contribution in [3.05, 3.63) is 59.7 Å². The van der Waals surface area contributed by atoms with E-state index in [1.165, 1.54) is 11.6 Å². The second kappa shape index (κ2) is 7.57. The molecule has 1 aliphatic rings. The van der Waals surface area contributed by atoms with Crippen LogP contribution in [0.2, 0.25) is 0 Å². The van der Waals surface area contributed by atoms with Gasteiger partial charge in [0.1, 0.15) is 7.85 Å². The van der Waals surface area contributed by atoms with E-state index in [0.29, 0.717) is 5.46 Å². The molecule has 126 valence electrons. The van der Waals surface area contributed by atoms with Gasteiger partial charge in [0.15, 0.2) is 0 Å². The third-order valence-electron chi connectivity index (χ3n) is 4.43. The summed E-state index contributed by atoms with van der Waals surface area (Å²) in [6, 6.07) is 13.2. The third-order valence-corrected chi connectivity index (χ3v) is 4.43. The summed E-state index contributed by atoms with van der Waals surface area (Å²) in [7, 11) is 7.66. The molecular formula is C20H21BN2O2. The highest BCUT2D eigenvalue weighted by molar-refractivity contribution is 6.32.